The highest BCUT2D eigenvalue weighted by molar-refractivity contribution is 7.80. The van der Waals surface area contributed by atoms with Crippen molar-refractivity contribution in [3.63, 3.8) is 0 Å². The lowest BCUT2D eigenvalue weighted by molar-refractivity contribution is -0.914. The third-order valence-electron chi connectivity index (χ3n) is 3.63. The van der Waals surface area contributed by atoms with Gasteiger partial charge in [-0.25, -0.2) is 4.39 Å². The summed E-state index contributed by atoms with van der Waals surface area (Å²) in [5.41, 5.74) is 0.386. The van der Waals surface area contributed by atoms with Crippen LogP contribution in [0.15, 0.2) is 24.3 Å². The second-order valence-corrected chi connectivity index (χ2v) is 6.52. The quantitative estimate of drug-likeness (QED) is 0.707. The molecule has 6 heteroatoms. The molecule has 2 atom stereocenters. The van der Waals surface area contributed by atoms with Crippen LogP contribution in [0.25, 0.3) is 0 Å². The standard InChI is InChI=1S/C16H24FN3OS/c1-12(2)10-20-7-8-21-13(11-20)9-18-16(22)19-15-6-4-3-5-14(15)17/h3-6,12-13H,7-11H2,1-2H3,(H2,18,19,22)/p+1/t13-/m1/s1. The number of anilines is 1. The summed E-state index contributed by atoms with van der Waals surface area (Å²) in [4.78, 5) is 1.57. The Morgan fingerprint density at radius 1 is 1.45 bits per heavy atom. The van der Waals surface area contributed by atoms with Crippen molar-refractivity contribution in [3.05, 3.63) is 30.1 Å². The zero-order valence-corrected chi connectivity index (χ0v) is 14.0. The molecule has 1 saturated heterocycles. The summed E-state index contributed by atoms with van der Waals surface area (Å²) in [6.45, 7) is 9.11. The van der Waals surface area contributed by atoms with E-state index in [9.17, 15) is 4.39 Å². The van der Waals surface area contributed by atoms with Gasteiger partial charge in [0.1, 0.15) is 25.0 Å². The van der Waals surface area contributed by atoms with Crippen LogP contribution in [0.3, 0.4) is 0 Å². The van der Waals surface area contributed by atoms with Crippen molar-refractivity contribution >= 4 is 23.0 Å². The number of thiocarbonyl (C=S) groups is 1. The molecule has 0 bridgehead atoms. The molecule has 0 radical (unpaired) electrons. The summed E-state index contributed by atoms with van der Waals surface area (Å²) in [6.07, 6.45) is 0.142. The second kappa shape index (κ2) is 8.41. The molecule has 4 nitrogen and oxygen atoms in total. The van der Waals surface area contributed by atoms with Crippen LogP contribution in [0, 0.1) is 11.7 Å². The molecule has 0 spiro atoms. The molecule has 1 aliphatic heterocycles. The van der Waals surface area contributed by atoms with Crippen LogP contribution in [0.5, 0.6) is 0 Å². The number of benzene rings is 1. The van der Waals surface area contributed by atoms with Gasteiger partial charge in [-0.15, -0.1) is 0 Å². The number of ether oxygens (including phenoxy) is 1. The first-order valence-corrected chi connectivity index (χ1v) is 8.20. The fourth-order valence-electron chi connectivity index (χ4n) is 2.68. The molecule has 1 aliphatic rings. The zero-order valence-electron chi connectivity index (χ0n) is 13.2. The van der Waals surface area contributed by atoms with Crippen molar-refractivity contribution in [1.82, 2.24) is 5.32 Å². The van der Waals surface area contributed by atoms with Crippen molar-refractivity contribution in [1.29, 1.82) is 0 Å². The van der Waals surface area contributed by atoms with Gasteiger partial charge in [-0.2, -0.15) is 0 Å². The van der Waals surface area contributed by atoms with Crippen molar-refractivity contribution in [3.8, 4) is 0 Å². The smallest absolute Gasteiger partial charge is 0.170 e. The first-order valence-electron chi connectivity index (χ1n) is 7.79. The van der Waals surface area contributed by atoms with Crippen LogP contribution in [-0.4, -0.2) is 44.0 Å². The zero-order chi connectivity index (χ0) is 15.9. The maximum Gasteiger partial charge on any atom is 0.170 e. The minimum atomic E-state index is -0.312. The number of nitrogens with one attached hydrogen (secondary N) is 3. The average Bonchev–Trinajstić information content (AvgIpc) is 2.47. The van der Waals surface area contributed by atoms with Gasteiger partial charge in [0, 0.05) is 12.5 Å². The lowest BCUT2D eigenvalue weighted by Crippen LogP contribution is -3.15. The van der Waals surface area contributed by atoms with Crippen LogP contribution in [-0.2, 0) is 4.74 Å². The Morgan fingerprint density at radius 2 is 2.23 bits per heavy atom. The normalized spacial score (nSPS) is 21.6. The summed E-state index contributed by atoms with van der Waals surface area (Å²) in [6, 6.07) is 6.49. The van der Waals surface area contributed by atoms with Crippen LogP contribution in [0.4, 0.5) is 10.1 Å². The summed E-state index contributed by atoms with van der Waals surface area (Å²) >= 11 is 5.21. The van der Waals surface area contributed by atoms with Crippen LogP contribution < -0.4 is 15.5 Å². The Balaban J connectivity index is 1.75. The molecule has 22 heavy (non-hydrogen) atoms. The molecule has 3 N–H and O–H groups in total. The van der Waals surface area contributed by atoms with Gasteiger partial charge in [-0.1, -0.05) is 26.0 Å². The Bertz CT molecular complexity index is 498. The van der Waals surface area contributed by atoms with Gasteiger partial charge >= 0.3 is 0 Å². The molecule has 0 aromatic heterocycles. The number of quaternary nitrogens is 1. The maximum absolute atomic E-state index is 13.5. The van der Waals surface area contributed by atoms with Crippen molar-refractivity contribution in [2.45, 2.75) is 20.0 Å². The minimum absolute atomic E-state index is 0.142. The first-order chi connectivity index (χ1) is 10.5. The third kappa shape index (κ3) is 5.51. The van der Waals surface area contributed by atoms with E-state index in [-0.39, 0.29) is 11.9 Å². The third-order valence-corrected chi connectivity index (χ3v) is 3.88. The van der Waals surface area contributed by atoms with E-state index in [2.05, 4.69) is 24.5 Å². The lowest BCUT2D eigenvalue weighted by atomic mass is 10.2. The number of hydrogen-bond donors (Lipinski definition) is 3. The first kappa shape index (κ1) is 17.1. The fraction of sp³-hybridized carbons (Fsp3) is 0.562. The van der Waals surface area contributed by atoms with E-state index in [4.69, 9.17) is 17.0 Å². The molecule has 0 aliphatic carbocycles. The average molecular weight is 326 g/mol. The Kier molecular flexibility index (Phi) is 6.54. The molecule has 1 heterocycles. The predicted molar refractivity (Wildman–Crippen MR) is 90.8 cm³/mol. The summed E-state index contributed by atoms with van der Waals surface area (Å²) < 4.78 is 19.3. The Morgan fingerprint density at radius 3 is 2.95 bits per heavy atom. The van der Waals surface area contributed by atoms with Crippen LogP contribution in [0.1, 0.15) is 13.8 Å². The van der Waals surface area contributed by atoms with Gasteiger partial charge < -0.3 is 20.3 Å². The van der Waals surface area contributed by atoms with Crippen LogP contribution in [0.2, 0.25) is 0 Å². The van der Waals surface area contributed by atoms with E-state index in [1.165, 1.54) is 6.07 Å². The highest BCUT2D eigenvalue weighted by Gasteiger charge is 2.24. The summed E-state index contributed by atoms with van der Waals surface area (Å²) in [7, 11) is 0. The van der Waals surface area contributed by atoms with E-state index >= 15 is 0 Å². The van der Waals surface area contributed by atoms with E-state index in [0.717, 1.165) is 26.2 Å². The van der Waals surface area contributed by atoms with E-state index in [1.807, 2.05) is 0 Å². The molecule has 0 amide bonds. The molecule has 2 rings (SSSR count). The van der Waals surface area contributed by atoms with Crippen LogP contribution >= 0.6 is 12.2 Å². The van der Waals surface area contributed by atoms with Crippen molar-refractivity contribution in [2.75, 3.05) is 38.1 Å². The highest BCUT2D eigenvalue weighted by Crippen LogP contribution is 2.11. The number of morpholine rings is 1. The van der Waals surface area contributed by atoms with Crippen molar-refractivity contribution in [2.24, 2.45) is 5.92 Å². The van der Waals surface area contributed by atoms with Gasteiger partial charge in [0.25, 0.3) is 0 Å². The largest absolute Gasteiger partial charge is 0.365 e. The minimum Gasteiger partial charge on any atom is -0.365 e. The molecule has 1 aromatic rings. The van der Waals surface area contributed by atoms with Gasteiger partial charge in [-0.3, -0.25) is 0 Å². The summed E-state index contributed by atoms with van der Waals surface area (Å²) in [5, 5.41) is 6.41. The van der Waals surface area contributed by atoms with Gasteiger partial charge in [0.15, 0.2) is 5.11 Å². The van der Waals surface area contributed by atoms with E-state index in [1.54, 1.807) is 23.1 Å². The SMILES string of the molecule is CC(C)C[NH+]1CCO[C@H](CNC(=S)Nc2ccccc2F)C1. The van der Waals surface area contributed by atoms with E-state index in [0.29, 0.717) is 23.3 Å². The number of hydrogen-bond acceptors (Lipinski definition) is 2. The van der Waals surface area contributed by atoms with Crippen molar-refractivity contribution < 1.29 is 14.0 Å². The predicted octanol–water partition coefficient (Wildman–Crippen LogP) is 1.05. The maximum atomic E-state index is 13.5. The topological polar surface area (TPSA) is 37.7 Å². The molecule has 1 unspecified atom stereocenters. The van der Waals surface area contributed by atoms with Gasteiger partial charge in [-0.05, 0) is 24.4 Å². The molecular weight excluding hydrogens is 301 g/mol. The van der Waals surface area contributed by atoms with Gasteiger partial charge in [0.2, 0.25) is 0 Å². The van der Waals surface area contributed by atoms with Gasteiger partial charge in [0.05, 0.1) is 18.8 Å². The number of rotatable bonds is 5. The molecule has 122 valence electrons. The molecule has 0 saturated carbocycles. The molecule has 1 aromatic carbocycles. The van der Waals surface area contributed by atoms with E-state index < -0.39 is 0 Å². The lowest BCUT2D eigenvalue weighted by Gasteiger charge is -2.31. The number of para-hydroxylation sites is 1. The monoisotopic (exact) mass is 326 g/mol. The second-order valence-electron chi connectivity index (χ2n) is 6.11. The summed E-state index contributed by atoms with van der Waals surface area (Å²) in [5.74, 6) is 0.374. The Hall–Kier alpha value is -1.24. The number of halogens is 1. The molecular formula is C16H25FN3OS+. The highest BCUT2D eigenvalue weighted by atomic mass is 32.1. The Labute approximate surface area is 137 Å². The molecule has 1 fully saturated rings. The fourth-order valence-corrected chi connectivity index (χ4v) is 2.88.